The second kappa shape index (κ2) is 7.08. The first-order chi connectivity index (χ1) is 13.9. The third-order valence-corrected chi connectivity index (χ3v) is 4.49. The summed E-state index contributed by atoms with van der Waals surface area (Å²) in [4.78, 5) is 0. The molecule has 2 aromatic carbocycles. The Morgan fingerprint density at radius 3 is 2.41 bits per heavy atom. The highest BCUT2D eigenvalue weighted by Gasteiger charge is 2.38. The van der Waals surface area contributed by atoms with E-state index >= 15 is 0 Å². The van der Waals surface area contributed by atoms with Crippen LogP contribution in [0, 0.1) is 0 Å². The number of nitrogens with zero attached hydrogens (tertiary/aromatic N) is 5. The van der Waals surface area contributed by atoms with Crippen LogP contribution in [0.15, 0.2) is 60.9 Å². The van der Waals surface area contributed by atoms with Crippen LogP contribution in [-0.4, -0.2) is 29.9 Å². The van der Waals surface area contributed by atoms with Crippen LogP contribution in [0.25, 0.3) is 22.6 Å². The van der Waals surface area contributed by atoms with Gasteiger partial charge in [0.2, 0.25) is 0 Å². The van der Waals surface area contributed by atoms with Crippen LogP contribution in [0.2, 0.25) is 0 Å². The summed E-state index contributed by atoms with van der Waals surface area (Å²) < 4.78 is 42.8. The fraction of sp³-hybridized carbons (Fsp3) is 0.150. The van der Waals surface area contributed by atoms with Gasteiger partial charge < -0.3 is 5.11 Å². The molecule has 1 N–H and O–H groups in total. The van der Waals surface area contributed by atoms with E-state index in [1.54, 1.807) is 61.7 Å². The summed E-state index contributed by atoms with van der Waals surface area (Å²) in [5.74, 6) is 0.118. The van der Waals surface area contributed by atoms with Crippen molar-refractivity contribution >= 4 is 0 Å². The smallest absolute Gasteiger partial charge is 0.433 e. The minimum atomic E-state index is -4.50. The average Bonchev–Trinajstić information content (AvgIpc) is 3.35. The molecule has 0 fully saturated rings. The van der Waals surface area contributed by atoms with Gasteiger partial charge in [-0.05, 0) is 42.8 Å². The van der Waals surface area contributed by atoms with E-state index in [1.165, 1.54) is 10.9 Å². The minimum absolute atomic E-state index is 0.118. The summed E-state index contributed by atoms with van der Waals surface area (Å²) in [6.07, 6.45) is -1.34. The summed E-state index contributed by atoms with van der Waals surface area (Å²) in [5, 5.41) is 21.6. The number of aromatic hydroxyl groups is 1. The number of aromatic nitrogens is 5. The van der Waals surface area contributed by atoms with Gasteiger partial charge >= 0.3 is 6.18 Å². The topological polar surface area (TPSA) is 68.8 Å². The van der Waals surface area contributed by atoms with Crippen molar-refractivity contribution in [2.24, 2.45) is 0 Å². The number of aryl methyl sites for hydroxylation is 1. The molecule has 0 saturated heterocycles. The van der Waals surface area contributed by atoms with E-state index in [0.29, 0.717) is 22.6 Å². The summed E-state index contributed by atoms with van der Waals surface area (Å²) in [6.45, 7) is 1.66. The van der Waals surface area contributed by atoms with Gasteiger partial charge in [0.25, 0.3) is 0 Å². The highest BCUT2D eigenvalue weighted by Crippen LogP contribution is 2.34. The molecule has 9 heteroatoms. The maximum Gasteiger partial charge on any atom is 0.433 e. The largest absolute Gasteiger partial charge is 0.508 e. The molecule has 0 amide bonds. The molecule has 0 spiro atoms. The second-order valence-corrected chi connectivity index (χ2v) is 6.40. The molecule has 0 bridgehead atoms. The molecule has 0 aliphatic rings. The van der Waals surface area contributed by atoms with Crippen LogP contribution in [0.5, 0.6) is 5.75 Å². The Kier molecular flexibility index (Phi) is 4.57. The molecule has 2 heterocycles. The lowest BCUT2D eigenvalue weighted by atomic mass is 10.1. The van der Waals surface area contributed by atoms with Crippen LogP contribution < -0.4 is 0 Å². The summed E-state index contributed by atoms with van der Waals surface area (Å²) >= 11 is 0. The summed E-state index contributed by atoms with van der Waals surface area (Å²) in [6, 6.07) is 13.0. The summed E-state index contributed by atoms with van der Waals surface area (Å²) in [7, 11) is 0. The second-order valence-electron chi connectivity index (χ2n) is 6.40. The number of hydrogen-bond acceptors (Lipinski definition) is 4. The molecular weight excluding hydrogens is 383 g/mol. The van der Waals surface area contributed by atoms with Crippen molar-refractivity contribution in [3.05, 3.63) is 72.2 Å². The van der Waals surface area contributed by atoms with Crippen LogP contribution in [-0.2, 0) is 12.6 Å². The maximum atomic E-state index is 13.5. The molecule has 0 radical (unpaired) electrons. The van der Waals surface area contributed by atoms with Gasteiger partial charge in [-0.2, -0.15) is 18.3 Å². The van der Waals surface area contributed by atoms with E-state index in [0.717, 1.165) is 4.68 Å². The zero-order valence-electron chi connectivity index (χ0n) is 15.3. The number of phenolic OH excluding ortho intramolecular Hbond substituents is 1. The van der Waals surface area contributed by atoms with Gasteiger partial charge in [0, 0.05) is 11.1 Å². The van der Waals surface area contributed by atoms with Gasteiger partial charge in [-0.3, -0.25) is 0 Å². The van der Waals surface area contributed by atoms with Gasteiger partial charge in [-0.1, -0.05) is 24.3 Å². The monoisotopic (exact) mass is 399 g/mol. The molecule has 4 rings (SSSR count). The van der Waals surface area contributed by atoms with Gasteiger partial charge in [0.05, 0.1) is 23.8 Å². The molecule has 6 nitrogen and oxygen atoms in total. The van der Waals surface area contributed by atoms with E-state index < -0.39 is 11.9 Å². The molecule has 4 aromatic rings. The molecule has 29 heavy (non-hydrogen) atoms. The van der Waals surface area contributed by atoms with Crippen molar-refractivity contribution in [1.82, 2.24) is 24.8 Å². The van der Waals surface area contributed by atoms with Crippen molar-refractivity contribution < 1.29 is 18.3 Å². The van der Waals surface area contributed by atoms with E-state index in [-0.39, 0.29) is 17.7 Å². The first-order valence-corrected chi connectivity index (χ1v) is 8.83. The van der Waals surface area contributed by atoms with Crippen molar-refractivity contribution in [3.8, 4) is 28.4 Å². The van der Waals surface area contributed by atoms with Crippen LogP contribution in [0.1, 0.15) is 18.2 Å². The lowest BCUT2D eigenvalue weighted by Crippen LogP contribution is -2.15. The molecule has 0 unspecified atom stereocenters. The molecular formula is C20H16F3N5O. The highest BCUT2D eigenvalue weighted by molar-refractivity contribution is 5.60. The number of phenols is 1. The molecule has 0 saturated carbocycles. The normalized spacial score (nSPS) is 11.7. The SMILES string of the molecule is CCc1cnn(-c2ccc(-n3cc(-c4cccc(O)c4)nn3)cc2)c1C(F)(F)F. The number of hydrogen-bond donors (Lipinski definition) is 1. The molecule has 148 valence electrons. The lowest BCUT2D eigenvalue weighted by Gasteiger charge is -2.12. The standard InChI is InChI=1S/C20H16F3N5O/c1-2-13-11-24-28(19(13)20(21,22)23)16-8-6-15(7-9-16)27-12-18(25-26-27)14-4-3-5-17(29)10-14/h3-12,29H,2H2,1H3. The lowest BCUT2D eigenvalue weighted by molar-refractivity contribution is -0.143. The Balaban J connectivity index is 1.66. The molecule has 0 aliphatic heterocycles. The van der Waals surface area contributed by atoms with Crippen molar-refractivity contribution in [2.45, 2.75) is 19.5 Å². The molecule has 2 aromatic heterocycles. The van der Waals surface area contributed by atoms with Crippen LogP contribution in [0.3, 0.4) is 0 Å². The van der Waals surface area contributed by atoms with Gasteiger partial charge in [-0.25, -0.2) is 9.36 Å². The van der Waals surface area contributed by atoms with Crippen molar-refractivity contribution in [3.63, 3.8) is 0 Å². The van der Waals surface area contributed by atoms with Gasteiger partial charge in [0.15, 0.2) is 5.69 Å². The van der Waals surface area contributed by atoms with E-state index in [1.807, 2.05) is 0 Å². The van der Waals surface area contributed by atoms with Crippen LogP contribution in [0.4, 0.5) is 13.2 Å². The first-order valence-electron chi connectivity index (χ1n) is 8.83. The molecule has 0 aliphatic carbocycles. The maximum absolute atomic E-state index is 13.5. The Morgan fingerprint density at radius 1 is 1.03 bits per heavy atom. The molecule has 0 atom stereocenters. The number of alkyl halides is 3. The van der Waals surface area contributed by atoms with E-state index in [2.05, 4.69) is 15.4 Å². The van der Waals surface area contributed by atoms with Gasteiger partial charge in [-0.15, -0.1) is 5.10 Å². The zero-order chi connectivity index (χ0) is 20.6. The Bertz CT molecular complexity index is 1150. The van der Waals surface area contributed by atoms with Crippen molar-refractivity contribution in [1.29, 1.82) is 0 Å². The average molecular weight is 399 g/mol. The van der Waals surface area contributed by atoms with E-state index in [4.69, 9.17) is 0 Å². The predicted molar refractivity (Wildman–Crippen MR) is 100.0 cm³/mol. The van der Waals surface area contributed by atoms with Gasteiger partial charge in [0.1, 0.15) is 11.4 Å². The van der Waals surface area contributed by atoms with Crippen molar-refractivity contribution in [2.75, 3.05) is 0 Å². The quantitative estimate of drug-likeness (QED) is 0.552. The van der Waals surface area contributed by atoms with E-state index in [9.17, 15) is 18.3 Å². The third-order valence-electron chi connectivity index (χ3n) is 4.49. The predicted octanol–water partition coefficient (Wildman–Crippen LogP) is 4.41. The number of benzene rings is 2. The zero-order valence-corrected chi connectivity index (χ0v) is 15.3. The Labute approximate surface area is 163 Å². The summed E-state index contributed by atoms with van der Waals surface area (Å²) in [5.41, 5.74) is 1.57. The Hall–Kier alpha value is -3.62. The number of halogens is 3. The fourth-order valence-electron chi connectivity index (χ4n) is 3.07. The minimum Gasteiger partial charge on any atom is -0.508 e. The fourth-order valence-corrected chi connectivity index (χ4v) is 3.07. The number of rotatable bonds is 4. The van der Waals surface area contributed by atoms with Crippen LogP contribution >= 0.6 is 0 Å². The highest BCUT2D eigenvalue weighted by atomic mass is 19.4. The Morgan fingerprint density at radius 2 is 1.76 bits per heavy atom. The third kappa shape index (κ3) is 3.58. The first kappa shape index (κ1) is 18.7.